The standard InChI is InChI=1S/C17H34N2O/c1-13(2)10-15(12-18)11-17(20)19-8-5-6-16(7-9-19)14(3)4/h13-16H,5-12,18H2,1-4H3/t15-,16?/m0/s1. The molecule has 20 heavy (non-hydrogen) atoms. The maximum absolute atomic E-state index is 12.4. The number of likely N-dealkylation sites (tertiary alicyclic amines) is 1. The molecule has 0 aliphatic carbocycles. The number of rotatable bonds is 6. The van der Waals surface area contributed by atoms with Crippen molar-refractivity contribution in [1.82, 2.24) is 4.90 Å². The first-order valence-electron chi connectivity index (χ1n) is 8.41. The lowest BCUT2D eigenvalue weighted by Crippen LogP contribution is -2.34. The van der Waals surface area contributed by atoms with Gasteiger partial charge in [0.15, 0.2) is 0 Å². The summed E-state index contributed by atoms with van der Waals surface area (Å²) in [5, 5.41) is 0. The summed E-state index contributed by atoms with van der Waals surface area (Å²) in [5.74, 6) is 2.82. The van der Waals surface area contributed by atoms with Crippen molar-refractivity contribution in [2.75, 3.05) is 19.6 Å². The Balaban J connectivity index is 2.46. The fourth-order valence-electron chi connectivity index (χ4n) is 3.34. The van der Waals surface area contributed by atoms with Crippen LogP contribution < -0.4 is 5.73 Å². The molecule has 2 atom stereocenters. The van der Waals surface area contributed by atoms with Crippen LogP contribution in [0.1, 0.15) is 59.8 Å². The molecule has 1 fully saturated rings. The Labute approximate surface area is 125 Å². The average molecular weight is 282 g/mol. The largest absolute Gasteiger partial charge is 0.343 e. The highest BCUT2D eigenvalue weighted by atomic mass is 16.2. The summed E-state index contributed by atoms with van der Waals surface area (Å²) in [7, 11) is 0. The van der Waals surface area contributed by atoms with E-state index in [4.69, 9.17) is 5.73 Å². The molecule has 0 bridgehead atoms. The van der Waals surface area contributed by atoms with Gasteiger partial charge in [0.05, 0.1) is 0 Å². The van der Waals surface area contributed by atoms with E-state index in [9.17, 15) is 4.79 Å². The topological polar surface area (TPSA) is 46.3 Å². The Morgan fingerprint density at radius 3 is 2.45 bits per heavy atom. The number of hydrogen-bond donors (Lipinski definition) is 1. The van der Waals surface area contributed by atoms with Crippen LogP contribution in [0.25, 0.3) is 0 Å². The molecule has 3 nitrogen and oxygen atoms in total. The van der Waals surface area contributed by atoms with E-state index in [1.807, 2.05) is 0 Å². The van der Waals surface area contributed by atoms with Gasteiger partial charge in [0.25, 0.3) is 0 Å². The summed E-state index contributed by atoms with van der Waals surface area (Å²) in [6, 6.07) is 0. The van der Waals surface area contributed by atoms with Crippen LogP contribution in [0, 0.1) is 23.7 Å². The van der Waals surface area contributed by atoms with Crippen LogP contribution in [0.4, 0.5) is 0 Å². The molecule has 1 unspecified atom stereocenters. The summed E-state index contributed by atoms with van der Waals surface area (Å²) in [6.45, 7) is 11.5. The summed E-state index contributed by atoms with van der Waals surface area (Å²) in [4.78, 5) is 14.5. The maximum Gasteiger partial charge on any atom is 0.222 e. The zero-order chi connectivity index (χ0) is 15.1. The van der Waals surface area contributed by atoms with E-state index >= 15 is 0 Å². The van der Waals surface area contributed by atoms with Crippen molar-refractivity contribution in [3.8, 4) is 0 Å². The first kappa shape index (κ1) is 17.5. The minimum Gasteiger partial charge on any atom is -0.343 e. The van der Waals surface area contributed by atoms with E-state index in [2.05, 4.69) is 32.6 Å². The summed E-state index contributed by atoms with van der Waals surface area (Å²) >= 11 is 0. The van der Waals surface area contributed by atoms with Crippen molar-refractivity contribution in [3.63, 3.8) is 0 Å². The molecule has 1 aliphatic rings. The monoisotopic (exact) mass is 282 g/mol. The quantitative estimate of drug-likeness (QED) is 0.812. The molecule has 118 valence electrons. The fraction of sp³-hybridized carbons (Fsp3) is 0.941. The second kappa shape index (κ2) is 8.66. The summed E-state index contributed by atoms with van der Waals surface area (Å²) < 4.78 is 0. The van der Waals surface area contributed by atoms with Crippen LogP contribution in [0.5, 0.6) is 0 Å². The first-order chi connectivity index (χ1) is 9.43. The van der Waals surface area contributed by atoms with Crippen molar-refractivity contribution in [2.24, 2.45) is 29.4 Å². The number of nitrogens with zero attached hydrogens (tertiary/aromatic N) is 1. The third kappa shape index (κ3) is 5.82. The molecule has 1 amide bonds. The third-order valence-electron chi connectivity index (χ3n) is 4.67. The molecule has 0 saturated carbocycles. The molecule has 0 radical (unpaired) electrons. The average Bonchev–Trinajstić information content (AvgIpc) is 2.62. The van der Waals surface area contributed by atoms with Gasteiger partial charge in [0, 0.05) is 19.5 Å². The first-order valence-corrected chi connectivity index (χ1v) is 8.41. The Kier molecular flexibility index (Phi) is 7.57. The van der Waals surface area contributed by atoms with E-state index in [1.165, 1.54) is 12.8 Å². The van der Waals surface area contributed by atoms with Gasteiger partial charge in [-0.25, -0.2) is 0 Å². The Morgan fingerprint density at radius 2 is 1.90 bits per heavy atom. The normalized spacial score (nSPS) is 22.1. The van der Waals surface area contributed by atoms with Gasteiger partial charge in [-0.15, -0.1) is 0 Å². The van der Waals surface area contributed by atoms with Crippen molar-refractivity contribution in [2.45, 2.75) is 59.8 Å². The van der Waals surface area contributed by atoms with Gasteiger partial charge in [-0.05, 0) is 55.9 Å². The highest BCUT2D eigenvalue weighted by molar-refractivity contribution is 5.76. The predicted octanol–water partition coefficient (Wildman–Crippen LogP) is 3.28. The number of nitrogens with two attached hydrogens (primary N) is 1. The number of amides is 1. The molecule has 0 aromatic rings. The van der Waals surface area contributed by atoms with Gasteiger partial charge < -0.3 is 10.6 Å². The highest BCUT2D eigenvalue weighted by Gasteiger charge is 2.24. The lowest BCUT2D eigenvalue weighted by Gasteiger charge is -2.24. The predicted molar refractivity (Wildman–Crippen MR) is 85.4 cm³/mol. The van der Waals surface area contributed by atoms with Crippen LogP contribution in [-0.2, 0) is 4.79 Å². The molecular formula is C17H34N2O. The highest BCUT2D eigenvalue weighted by Crippen LogP contribution is 2.25. The molecule has 1 heterocycles. The van der Waals surface area contributed by atoms with Gasteiger partial charge in [-0.3, -0.25) is 4.79 Å². The zero-order valence-electron chi connectivity index (χ0n) is 13.9. The molecule has 1 aliphatic heterocycles. The minimum atomic E-state index is 0.325. The fourth-order valence-corrected chi connectivity index (χ4v) is 3.34. The van der Waals surface area contributed by atoms with Crippen molar-refractivity contribution in [1.29, 1.82) is 0 Å². The lowest BCUT2D eigenvalue weighted by atomic mass is 9.89. The maximum atomic E-state index is 12.4. The van der Waals surface area contributed by atoms with Crippen molar-refractivity contribution in [3.05, 3.63) is 0 Å². The molecule has 3 heteroatoms. The SMILES string of the molecule is CC(C)C[C@H](CN)CC(=O)N1CCCC(C(C)C)CC1. The van der Waals surface area contributed by atoms with Crippen molar-refractivity contribution < 1.29 is 4.79 Å². The Hall–Kier alpha value is -0.570. The molecule has 0 spiro atoms. The molecule has 1 saturated heterocycles. The second-order valence-electron chi connectivity index (χ2n) is 7.25. The van der Waals surface area contributed by atoms with Gasteiger partial charge in [0.1, 0.15) is 0 Å². The summed E-state index contributed by atoms with van der Waals surface area (Å²) in [6.07, 6.45) is 5.30. The Morgan fingerprint density at radius 1 is 1.20 bits per heavy atom. The third-order valence-corrected chi connectivity index (χ3v) is 4.67. The second-order valence-corrected chi connectivity index (χ2v) is 7.25. The van der Waals surface area contributed by atoms with Crippen LogP contribution in [-0.4, -0.2) is 30.4 Å². The van der Waals surface area contributed by atoms with E-state index in [-0.39, 0.29) is 0 Å². The van der Waals surface area contributed by atoms with E-state index in [0.29, 0.717) is 30.7 Å². The number of carbonyl (C=O) groups is 1. The van der Waals surface area contributed by atoms with E-state index < -0.39 is 0 Å². The van der Waals surface area contributed by atoms with Crippen LogP contribution in [0.2, 0.25) is 0 Å². The lowest BCUT2D eigenvalue weighted by molar-refractivity contribution is -0.132. The van der Waals surface area contributed by atoms with E-state index in [0.717, 1.165) is 37.8 Å². The van der Waals surface area contributed by atoms with Crippen LogP contribution >= 0.6 is 0 Å². The van der Waals surface area contributed by atoms with Crippen LogP contribution in [0.15, 0.2) is 0 Å². The van der Waals surface area contributed by atoms with Crippen molar-refractivity contribution >= 4 is 5.91 Å². The van der Waals surface area contributed by atoms with Gasteiger partial charge in [-0.1, -0.05) is 27.7 Å². The molecule has 0 aromatic heterocycles. The zero-order valence-corrected chi connectivity index (χ0v) is 13.9. The molecule has 0 aromatic carbocycles. The van der Waals surface area contributed by atoms with Gasteiger partial charge in [0.2, 0.25) is 5.91 Å². The number of carbonyl (C=O) groups excluding carboxylic acids is 1. The molecule has 2 N–H and O–H groups in total. The van der Waals surface area contributed by atoms with Crippen LogP contribution in [0.3, 0.4) is 0 Å². The molecule has 1 rings (SSSR count). The smallest absolute Gasteiger partial charge is 0.222 e. The number of hydrogen-bond acceptors (Lipinski definition) is 2. The molecular weight excluding hydrogens is 248 g/mol. The minimum absolute atomic E-state index is 0.325. The van der Waals surface area contributed by atoms with Gasteiger partial charge >= 0.3 is 0 Å². The summed E-state index contributed by atoms with van der Waals surface area (Å²) in [5.41, 5.74) is 5.82. The Bertz CT molecular complexity index is 289. The van der Waals surface area contributed by atoms with Gasteiger partial charge in [-0.2, -0.15) is 0 Å². The van der Waals surface area contributed by atoms with E-state index in [1.54, 1.807) is 0 Å².